The Morgan fingerprint density at radius 1 is 0.947 bits per heavy atom. The molecule has 1 fully saturated rings. The fraction of sp³-hybridized carbons (Fsp3) is 0.281. The number of fused-ring (bicyclic) bond motifs is 4. The molecule has 0 aliphatic heterocycles. The number of carbonyl (C=O) groups excluding carboxylic acids is 1. The third-order valence-corrected chi connectivity index (χ3v) is 9.50. The van der Waals surface area contributed by atoms with Crippen LogP contribution in [0.2, 0.25) is 0 Å². The quantitative estimate of drug-likeness (QED) is 0.130. The molecule has 0 bridgehead atoms. The highest BCUT2D eigenvalue weighted by atomic mass is 79.9. The molecule has 1 heterocycles. The van der Waals surface area contributed by atoms with E-state index < -0.39 is 0 Å². The maximum atomic E-state index is 14.4. The van der Waals surface area contributed by atoms with Crippen molar-refractivity contribution in [1.82, 2.24) is 9.55 Å². The second-order valence-corrected chi connectivity index (χ2v) is 12.2. The Morgan fingerprint density at radius 3 is 2.42 bits per heavy atom. The van der Waals surface area contributed by atoms with E-state index in [1.807, 2.05) is 53.1 Å². The molecule has 6 heteroatoms. The van der Waals surface area contributed by atoms with Gasteiger partial charge in [0.05, 0.1) is 17.0 Å². The van der Waals surface area contributed by atoms with Gasteiger partial charge in [0.15, 0.2) is 10.9 Å². The fourth-order valence-corrected chi connectivity index (χ4v) is 7.26. The lowest BCUT2D eigenvalue weighted by atomic mass is 9.68. The number of carbonyl (C=O) groups is 1. The van der Waals surface area contributed by atoms with E-state index in [0.717, 1.165) is 59.8 Å². The van der Waals surface area contributed by atoms with Gasteiger partial charge in [-0.05, 0) is 48.9 Å². The first kappa shape index (κ1) is 25.3. The minimum Gasteiger partial charge on any atom is -0.293 e. The zero-order valence-corrected chi connectivity index (χ0v) is 23.6. The Kier molecular flexibility index (Phi) is 7.10. The summed E-state index contributed by atoms with van der Waals surface area (Å²) >= 11 is 4.81. The van der Waals surface area contributed by atoms with Crippen LogP contribution in [0.3, 0.4) is 0 Å². The highest BCUT2D eigenvalue weighted by molar-refractivity contribution is 9.10. The summed E-state index contributed by atoms with van der Waals surface area (Å²) in [6.45, 7) is 0.537. The number of hydrogen-bond donors (Lipinski definition) is 0. The molecule has 0 unspecified atom stereocenters. The molecular weight excluding hydrogens is 556 g/mol. The molecule has 4 nitrogen and oxygen atoms in total. The molecule has 192 valence electrons. The van der Waals surface area contributed by atoms with E-state index in [1.165, 1.54) is 22.9 Å². The van der Waals surface area contributed by atoms with E-state index in [4.69, 9.17) is 4.98 Å². The molecule has 2 aliphatic carbocycles. The monoisotopic (exact) mass is 584 g/mol. The molecule has 3 aromatic carbocycles. The van der Waals surface area contributed by atoms with Gasteiger partial charge in [-0.15, -0.1) is 0 Å². The van der Waals surface area contributed by atoms with Crippen LogP contribution >= 0.6 is 27.7 Å². The average Bonchev–Trinajstić information content (AvgIpc) is 3.40. The molecule has 0 N–H and O–H groups in total. The number of thioether (sulfide) groups is 1. The minimum atomic E-state index is -0.140. The van der Waals surface area contributed by atoms with Crippen LogP contribution in [-0.4, -0.2) is 21.1 Å². The molecule has 1 aromatic heterocycles. The van der Waals surface area contributed by atoms with Crippen molar-refractivity contribution in [2.24, 2.45) is 0 Å². The zero-order valence-electron chi connectivity index (χ0n) is 21.2. The molecule has 0 amide bonds. The standard InChI is InChI=1S/C32H29BrN2O2S/c33-25-14-12-23(13-15-25)27(36)21-38-31-34-29-26-11-5-4-10-24(26)20-32(17-6-7-18-32)28(29)30(37)35(31)19-16-22-8-2-1-3-9-22/h1-5,8-15H,6-7,16-21H2. The first-order chi connectivity index (χ1) is 18.5. The molecule has 1 spiro atoms. The summed E-state index contributed by atoms with van der Waals surface area (Å²) < 4.78 is 2.78. The first-order valence-corrected chi connectivity index (χ1v) is 15.0. The molecule has 0 saturated heterocycles. The number of aromatic nitrogens is 2. The zero-order chi connectivity index (χ0) is 26.1. The Morgan fingerprint density at radius 2 is 1.66 bits per heavy atom. The summed E-state index contributed by atoms with van der Waals surface area (Å²) in [4.78, 5) is 32.6. The topological polar surface area (TPSA) is 52.0 Å². The second kappa shape index (κ2) is 10.7. The largest absolute Gasteiger partial charge is 0.293 e. The number of hydrogen-bond acceptors (Lipinski definition) is 4. The van der Waals surface area contributed by atoms with Gasteiger partial charge in [0, 0.05) is 27.6 Å². The normalized spacial score (nSPS) is 15.3. The summed E-state index contributed by atoms with van der Waals surface area (Å²) in [6.07, 6.45) is 5.98. The van der Waals surface area contributed by atoms with Crippen molar-refractivity contribution >= 4 is 33.5 Å². The molecule has 0 radical (unpaired) electrons. The number of rotatable bonds is 7. The van der Waals surface area contributed by atoms with Crippen molar-refractivity contribution in [3.05, 3.63) is 116 Å². The first-order valence-electron chi connectivity index (χ1n) is 13.2. The van der Waals surface area contributed by atoms with Gasteiger partial charge in [0.1, 0.15) is 0 Å². The van der Waals surface area contributed by atoms with E-state index in [2.05, 4.69) is 46.3 Å². The highest BCUT2D eigenvalue weighted by Crippen LogP contribution is 2.50. The predicted octanol–water partition coefficient (Wildman–Crippen LogP) is 7.26. The van der Waals surface area contributed by atoms with Crippen molar-refractivity contribution < 1.29 is 4.79 Å². The van der Waals surface area contributed by atoms with E-state index in [9.17, 15) is 9.59 Å². The Balaban J connectivity index is 1.43. The third kappa shape index (κ3) is 4.80. The van der Waals surface area contributed by atoms with Gasteiger partial charge in [-0.1, -0.05) is 107 Å². The van der Waals surface area contributed by atoms with Gasteiger partial charge >= 0.3 is 0 Å². The van der Waals surface area contributed by atoms with Crippen LogP contribution in [0.5, 0.6) is 0 Å². The van der Waals surface area contributed by atoms with Gasteiger partial charge in [-0.25, -0.2) is 4.98 Å². The lowest BCUT2D eigenvalue weighted by molar-refractivity contribution is 0.102. The molecule has 4 aromatic rings. The van der Waals surface area contributed by atoms with Gasteiger partial charge in [0.2, 0.25) is 0 Å². The lowest BCUT2D eigenvalue weighted by Crippen LogP contribution is -2.40. The highest BCUT2D eigenvalue weighted by Gasteiger charge is 2.44. The number of nitrogens with zero attached hydrogens (tertiary/aromatic N) is 2. The van der Waals surface area contributed by atoms with Crippen LogP contribution < -0.4 is 5.56 Å². The Bertz CT molecular complexity index is 1540. The second-order valence-electron chi connectivity index (χ2n) is 10.4. The molecule has 38 heavy (non-hydrogen) atoms. The number of ketones is 1. The summed E-state index contributed by atoms with van der Waals surface area (Å²) in [5.41, 5.74) is 5.83. The Labute approximate surface area is 235 Å². The third-order valence-electron chi connectivity index (χ3n) is 7.99. The Hall–Kier alpha value is -2.96. The summed E-state index contributed by atoms with van der Waals surface area (Å²) in [5, 5.41) is 0.625. The minimum absolute atomic E-state index is 0.0248. The SMILES string of the molecule is O=C(CSc1nc2c(c(=O)n1CCc1ccccc1)C1(CCCC1)Cc1ccccc1-2)c1ccc(Br)cc1. The van der Waals surface area contributed by atoms with Gasteiger partial charge in [-0.3, -0.25) is 14.2 Å². The molecular formula is C32H29BrN2O2S. The van der Waals surface area contributed by atoms with E-state index in [-0.39, 0.29) is 22.5 Å². The fourth-order valence-electron chi connectivity index (χ4n) is 6.09. The van der Waals surface area contributed by atoms with E-state index in [0.29, 0.717) is 17.3 Å². The van der Waals surface area contributed by atoms with Gasteiger partial charge in [0.25, 0.3) is 5.56 Å². The van der Waals surface area contributed by atoms with Crippen LogP contribution in [0.1, 0.15) is 52.7 Å². The van der Waals surface area contributed by atoms with E-state index in [1.54, 1.807) is 0 Å². The predicted molar refractivity (Wildman–Crippen MR) is 157 cm³/mol. The van der Waals surface area contributed by atoms with Crippen LogP contribution in [0.25, 0.3) is 11.3 Å². The molecule has 2 aliphatic rings. The lowest BCUT2D eigenvalue weighted by Gasteiger charge is -2.36. The molecule has 0 atom stereocenters. The smallest absolute Gasteiger partial charge is 0.258 e. The van der Waals surface area contributed by atoms with Gasteiger partial charge < -0.3 is 0 Å². The van der Waals surface area contributed by atoms with Gasteiger partial charge in [-0.2, -0.15) is 0 Å². The maximum absolute atomic E-state index is 14.4. The average molecular weight is 586 g/mol. The summed E-state index contributed by atoms with van der Waals surface area (Å²) in [7, 11) is 0. The molecule has 1 saturated carbocycles. The van der Waals surface area contributed by atoms with Crippen molar-refractivity contribution in [3.63, 3.8) is 0 Å². The van der Waals surface area contributed by atoms with Crippen LogP contribution in [0.15, 0.2) is 93.3 Å². The van der Waals surface area contributed by atoms with Crippen molar-refractivity contribution in [2.75, 3.05) is 5.75 Å². The summed E-state index contributed by atoms with van der Waals surface area (Å²) in [5.74, 6) is 0.252. The van der Waals surface area contributed by atoms with Crippen LogP contribution in [0, 0.1) is 0 Å². The number of halogens is 1. The number of Topliss-reactive ketones (excluding diaryl/α,β-unsaturated/α-hetero) is 1. The molecule has 6 rings (SSSR count). The number of benzene rings is 3. The van der Waals surface area contributed by atoms with Crippen molar-refractivity contribution in [1.29, 1.82) is 0 Å². The number of aryl methyl sites for hydroxylation is 1. The maximum Gasteiger partial charge on any atom is 0.258 e. The van der Waals surface area contributed by atoms with Crippen molar-refractivity contribution in [3.8, 4) is 11.3 Å². The summed E-state index contributed by atoms with van der Waals surface area (Å²) in [6, 6.07) is 26.1. The van der Waals surface area contributed by atoms with Crippen LogP contribution in [0.4, 0.5) is 0 Å². The van der Waals surface area contributed by atoms with Crippen molar-refractivity contribution in [2.45, 2.75) is 55.6 Å². The van der Waals surface area contributed by atoms with E-state index >= 15 is 0 Å². The van der Waals surface area contributed by atoms with Crippen LogP contribution in [-0.2, 0) is 24.8 Å².